The highest BCUT2D eigenvalue weighted by Crippen LogP contribution is 2.19. The van der Waals surface area contributed by atoms with Crippen molar-refractivity contribution in [2.45, 2.75) is 79.1 Å². The number of ether oxygens (including phenoxy) is 3. The molecule has 30 heavy (non-hydrogen) atoms. The lowest BCUT2D eigenvalue weighted by Crippen LogP contribution is -2.44. The standard InChI is InChI=1S/C21H31N3O6/c1-19(2,3)28-15(25)11-10-14-12-22-16(23-13-14)24(17(26)29-20(4,5)6)18(27)30-21(7,8)9/h10-13H,1-9H3/b11-10+. The first kappa shape index (κ1) is 25.1. The molecular weight excluding hydrogens is 390 g/mol. The lowest BCUT2D eigenvalue weighted by atomic mass is 10.2. The second-order valence-electron chi connectivity index (χ2n) is 9.48. The smallest absolute Gasteiger partial charge is 0.427 e. The summed E-state index contributed by atoms with van der Waals surface area (Å²) >= 11 is 0. The molecule has 166 valence electrons. The van der Waals surface area contributed by atoms with Crippen LogP contribution >= 0.6 is 0 Å². The Morgan fingerprint density at radius 2 is 1.17 bits per heavy atom. The van der Waals surface area contributed by atoms with Gasteiger partial charge in [-0.2, -0.15) is 0 Å². The second kappa shape index (κ2) is 9.23. The molecule has 1 heterocycles. The molecule has 0 aliphatic heterocycles. The maximum absolute atomic E-state index is 12.6. The summed E-state index contributed by atoms with van der Waals surface area (Å²) in [6.45, 7) is 15.3. The highest BCUT2D eigenvalue weighted by molar-refractivity contribution is 6.08. The first-order valence-electron chi connectivity index (χ1n) is 9.46. The van der Waals surface area contributed by atoms with E-state index in [1.54, 1.807) is 62.3 Å². The molecule has 1 rings (SSSR count). The second-order valence-corrected chi connectivity index (χ2v) is 9.48. The molecule has 0 aliphatic rings. The average molecular weight is 421 g/mol. The van der Waals surface area contributed by atoms with Gasteiger partial charge in [-0.15, -0.1) is 4.90 Å². The number of esters is 1. The molecule has 0 N–H and O–H groups in total. The van der Waals surface area contributed by atoms with Gasteiger partial charge in [-0.05, 0) is 68.4 Å². The van der Waals surface area contributed by atoms with Crippen molar-refractivity contribution in [3.63, 3.8) is 0 Å². The summed E-state index contributed by atoms with van der Waals surface area (Å²) in [6, 6.07) is 0. The van der Waals surface area contributed by atoms with Crippen LogP contribution in [-0.4, -0.2) is 44.9 Å². The van der Waals surface area contributed by atoms with Crippen LogP contribution in [0.4, 0.5) is 15.5 Å². The van der Waals surface area contributed by atoms with Crippen LogP contribution in [0, 0.1) is 0 Å². The topological polar surface area (TPSA) is 108 Å². The van der Waals surface area contributed by atoms with Crippen LogP contribution in [0.5, 0.6) is 0 Å². The number of carbonyl (C=O) groups is 3. The first-order valence-corrected chi connectivity index (χ1v) is 9.46. The highest BCUT2D eigenvalue weighted by Gasteiger charge is 2.34. The summed E-state index contributed by atoms with van der Waals surface area (Å²) in [7, 11) is 0. The summed E-state index contributed by atoms with van der Waals surface area (Å²) in [6.07, 6.45) is 3.48. The molecule has 1 aromatic rings. The zero-order chi connectivity index (χ0) is 23.3. The normalized spacial score (nSPS) is 12.4. The third kappa shape index (κ3) is 9.49. The number of imide groups is 1. The van der Waals surface area contributed by atoms with E-state index in [0.717, 1.165) is 0 Å². The van der Waals surface area contributed by atoms with E-state index < -0.39 is 35.0 Å². The number of hydrogen-bond donors (Lipinski definition) is 0. The summed E-state index contributed by atoms with van der Waals surface area (Å²) in [5.74, 6) is -0.733. The van der Waals surface area contributed by atoms with Crippen molar-refractivity contribution in [1.29, 1.82) is 0 Å². The minimum atomic E-state index is -0.964. The van der Waals surface area contributed by atoms with Gasteiger partial charge in [0.15, 0.2) is 0 Å². The van der Waals surface area contributed by atoms with Crippen molar-refractivity contribution in [2.75, 3.05) is 4.90 Å². The third-order valence-electron chi connectivity index (χ3n) is 2.83. The molecule has 0 saturated carbocycles. The highest BCUT2D eigenvalue weighted by atomic mass is 16.6. The number of nitrogens with zero attached hydrogens (tertiary/aromatic N) is 3. The van der Waals surface area contributed by atoms with Gasteiger partial charge < -0.3 is 14.2 Å². The van der Waals surface area contributed by atoms with Gasteiger partial charge in [0.05, 0.1) is 0 Å². The first-order chi connectivity index (χ1) is 13.5. The van der Waals surface area contributed by atoms with Crippen molar-refractivity contribution in [3.8, 4) is 0 Å². The summed E-state index contributed by atoms with van der Waals surface area (Å²) in [4.78, 5) is 45.6. The van der Waals surface area contributed by atoms with Crippen LogP contribution in [-0.2, 0) is 19.0 Å². The number of amides is 2. The molecular formula is C21H31N3O6. The molecule has 2 amide bonds. The van der Waals surface area contributed by atoms with E-state index in [0.29, 0.717) is 10.5 Å². The summed E-state index contributed by atoms with van der Waals surface area (Å²) < 4.78 is 15.7. The molecule has 9 heteroatoms. The Morgan fingerprint density at radius 3 is 1.53 bits per heavy atom. The fourth-order valence-electron chi connectivity index (χ4n) is 1.89. The van der Waals surface area contributed by atoms with Gasteiger partial charge in [-0.25, -0.2) is 24.4 Å². The fourth-order valence-corrected chi connectivity index (χ4v) is 1.89. The van der Waals surface area contributed by atoms with Crippen molar-refractivity contribution in [3.05, 3.63) is 24.0 Å². The monoisotopic (exact) mass is 421 g/mol. The summed E-state index contributed by atoms with van der Waals surface area (Å²) in [5.41, 5.74) is -1.82. The predicted molar refractivity (Wildman–Crippen MR) is 112 cm³/mol. The molecule has 9 nitrogen and oxygen atoms in total. The van der Waals surface area contributed by atoms with Gasteiger partial charge in [-0.3, -0.25) is 0 Å². The molecule has 0 atom stereocenters. The fraction of sp³-hybridized carbons (Fsp3) is 0.571. The molecule has 0 unspecified atom stereocenters. The number of anilines is 1. The van der Waals surface area contributed by atoms with Crippen LogP contribution < -0.4 is 4.90 Å². The molecule has 0 radical (unpaired) electrons. The molecule has 0 aliphatic carbocycles. The van der Waals surface area contributed by atoms with Gasteiger partial charge in [0.25, 0.3) is 0 Å². The lowest BCUT2D eigenvalue weighted by molar-refractivity contribution is -0.148. The maximum atomic E-state index is 12.6. The van der Waals surface area contributed by atoms with Gasteiger partial charge in [-0.1, -0.05) is 0 Å². The number of hydrogen-bond acceptors (Lipinski definition) is 8. The largest absolute Gasteiger partial charge is 0.457 e. The molecule has 0 fully saturated rings. The number of aromatic nitrogens is 2. The third-order valence-corrected chi connectivity index (χ3v) is 2.83. The lowest BCUT2D eigenvalue weighted by Gasteiger charge is -2.27. The van der Waals surface area contributed by atoms with Crippen molar-refractivity contribution >= 4 is 30.2 Å². The number of rotatable bonds is 3. The van der Waals surface area contributed by atoms with Crippen molar-refractivity contribution < 1.29 is 28.6 Å². The van der Waals surface area contributed by atoms with Crippen molar-refractivity contribution in [2.24, 2.45) is 0 Å². The van der Waals surface area contributed by atoms with Crippen LogP contribution in [0.25, 0.3) is 6.08 Å². The van der Waals surface area contributed by atoms with E-state index in [2.05, 4.69) is 9.97 Å². The average Bonchev–Trinajstić information content (AvgIpc) is 2.49. The minimum Gasteiger partial charge on any atom is -0.457 e. The van der Waals surface area contributed by atoms with Crippen LogP contribution in [0.3, 0.4) is 0 Å². The summed E-state index contributed by atoms with van der Waals surface area (Å²) in [5, 5.41) is 0. The van der Waals surface area contributed by atoms with Crippen LogP contribution in [0.15, 0.2) is 18.5 Å². The Morgan fingerprint density at radius 1 is 0.767 bits per heavy atom. The van der Waals surface area contributed by atoms with E-state index in [4.69, 9.17) is 14.2 Å². The predicted octanol–water partition coefficient (Wildman–Crippen LogP) is 4.51. The van der Waals surface area contributed by atoms with Gasteiger partial charge >= 0.3 is 18.2 Å². The minimum absolute atomic E-state index is 0.215. The van der Waals surface area contributed by atoms with E-state index in [1.165, 1.54) is 24.5 Å². The van der Waals surface area contributed by atoms with E-state index in [1.807, 2.05) is 0 Å². The zero-order valence-corrected chi connectivity index (χ0v) is 19.1. The molecule has 0 saturated heterocycles. The zero-order valence-electron chi connectivity index (χ0n) is 19.1. The Kier molecular flexibility index (Phi) is 7.71. The maximum Gasteiger partial charge on any atom is 0.427 e. The Labute approximate surface area is 177 Å². The quantitative estimate of drug-likeness (QED) is 0.398. The van der Waals surface area contributed by atoms with E-state index >= 15 is 0 Å². The Balaban J connectivity index is 3.09. The van der Waals surface area contributed by atoms with Gasteiger partial charge in [0.2, 0.25) is 5.95 Å². The van der Waals surface area contributed by atoms with Gasteiger partial charge in [0.1, 0.15) is 16.8 Å². The number of carbonyl (C=O) groups excluding carboxylic acids is 3. The molecule has 0 aromatic carbocycles. The molecule has 1 aromatic heterocycles. The van der Waals surface area contributed by atoms with Crippen LogP contribution in [0.2, 0.25) is 0 Å². The van der Waals surface area contributed by atoms with Crippen LogP contribution in [0.1, 0.15) is 67.9 Å². The van der Waals surface area contributed by atoms with E-state index in [9.17, 15) is 14.4 Å². The van der Waals surface area contributed by atoms with E-state index in [-0.39, 0.29) is 5.95 Å². The Bertz CT molecular complexity index is 768. The SMILES string of the molecule is CC(C)(C)OC(=O)/C=C/c1cnc(N(C(=O)OC(C)(C)C)C(=O)OC(C)(C)C)nc1. The van der Waals surface area contributed by atoms with Gasteiger partial charge in [0, 0.05) is 24.0 Å². The molecule has 0 bridgehead atoms. The Hall–Kier alpha value is -2.97. The van der Waals surface area contributed by atoms with Crippen molar-refractivity contribution in [1.82, 2.24) is 9.97 Å². The molecule has 0 spiro atoms.